The van der Waals surface area contributed by atoms with Crippen molar-refractivity contribution in [3.05, 3.63) is 71.9 Å². The van der Waals surface area contributed by atoms with Gasteiger partial charge >= 0.3 is 0 Å². The fraction of sp³-hybridized carbons (Fsp3) is 0.407. The Balaban J connectivity index is 1.32. The molecule has 2 fully saturated rings. The molecule has 2 aliphatic heterocycles. The summed E-state index contributed by atoms with van der Waals surface area (Å²) in [5.74, 6) is 0.0759. The molecule has 2 aliphatic rings. The number of benzene rings is 2. The van der Waals surface area contributed by atoms with Crippen molar-refractivity contribution >= 4 is 5.91 Å². The van der Waals surface area contributed by atoms with Crippen molar-refractivity contribution in [2.75, 3.05) is 52.4 Å². The minimum atomic E-state index is 0.0759. The van der Waals surface area contributed by atoms with Crippen LogP contribution < -0.4 is 0 Å². The van der Waals surface area contributed by atoms with Crippen LogP contribution >= 0.6 is 0 Å². The molecule has 6 nitrogen and oxygen atoms in total. The lowest BCUT2D eigenvalue weighted by molar-refractivity contribution is 0.0627. The molecular weight excluding hydrogens is 410 g/mol. The van der Waals surface area contributed by atoms with E-state index in [9.17, 15) is 4.79 Å². The van der Waals surface area contributed by atoms with Gasteiger partial charge in [0.05, 0.1) is 11.3 Å². The molecule has 0 bridgehead atoms. The molecule has 0 unspecified atom stereocenters. The zero-order chi connectivity index (χ0) is 22.6. The maximum absolute atomic E-state index is 13.6. The highest BCUT2D eigenvalue weighted by Gasteiger charge is 2.27. The number of carbonyl (C=O) groups is 1. The van der Waals surface area contributed by atoms with Gasteiger partial charge in [-0.3, -0.25) is 9.69 Å². The fourth-order valence-electron chi connectivity index (χ4n) is 4.80. The molecular formula is C27H33N5O. The van der Waals surface area contributed by atoms with Crippen LogP contribution in [0.15, 0.2) is 60.8 Å². The van der Waals surface area contributed by atoms with E-state index < -0.39 is 0 Å². The molecule has 1 aromatic heterocycles. The predicted molar refractivity (Wildman–Crippen MR) is 132 cm³/mol. The van der Waals surface area contributed by atoms with E-state index in [1.165, 1.54) is 31.5 Å². The van der Waals surface area contributed by atoms with Gasteiger partial charge in [0, 0.05) is 51.0 Å². The Kier molecular flexibility index (Phi) is 6.55. The topological polar surface area (TPSA) is 44.6 Å². The summed E-state index contributed by atoms with van der Waals surface area (Å²) in [6.07, 6.45) is 4.57. The first-order chi connectivity index (χ1) is 16.2. The summed E-state index contributed by atoms with van der Waals surface area (Å²) in [6, 6.07) is 18.3. The van der Waals surface area contributed by atoms with E-state index in [1.54, 1.807) is 0 Å². The van der Waals surface area contributed by atoms with Gasteiger partial charge in [-0.25, -0.2) is 4.68 Å². The first-order valence-corrected chi connectivity index (χ1v) is 12.1. The van der Waals surface area contributed by atoms with Crippen LogP contribution in [0.1, 0.15) is 28.8 Å². The quantitative estimate of drug-likeness (QED) is 0.583. The molecule has 5 rings (SSSR count). The van der Waals surface area contributed by atoms with Crippen molar-refractivity contribution < 1.29 is 4.79 Å². The number of nitrogens with zero attached hydrogens (tertiary/aromatic N) is 5. The predicted octanol–water partition coefficient (Wildman–Crippen LogP) is 3.70. The van der Waals surface area contributed by atoms with Crippen LogP contribution in [0.25, 0.3) is 16.9 Å². The third kappa shape index (κ3) is 5.02. The molecule has 0 spiro atoms. The highest BCUT2D eigenvalue weighted by Crippen LogP contribution is 2.26. The van der Waals surface area contributed by atoms with E-state index in [-0.39, 0.29) is 5.91 Å². The van der Waals surface area contributed by atoms with Crippen LogP contribution in [0.2, 0.25) is 0 Å². The van der Waals surface area contributed by atoms with E-state index in [4.69, 9.17) is 5.10 Å². The van der Waals surface area contributed by atoms with Gasteiger partial charge in [-0.2, -0.15) is 5.10 Å². The van der Waals surface area contributed by atoms with Crippen LogP contribution in [0, 0.1) is 6.92 Å². The maximum atomic E-state index is 13.6. The summed E-state index contributed by atoms with van der Waals surface area (Å²) in [6.45, 7) is 10.2. The average molecular weight is 444 g/mol. The van der Waals surface area contributed by atoms with Crippen LogP contribution in [0.3, 0.4) is 0 Å². The first kappa shape index (κ1) is 21.9. The van der Waals surface area contributed by atoms with E-state index in [0.29, 0.717) is 5.56 Å². The lowest BCUT2D eigenvalue weighted by atomic mass is 10.1. The van der Waals surface area contributed by atoms with Crippen molar-refractivity contribution in [3.8, 4) is 16.9 Å². The van der Waals surface area contributed by atoms with Crippen molar-refractivity contribution in [2.24, 2.45) is 0 Å². The summed E-state index contributed by atoms with van der Waals surface area (Å²) in [7, 11) is 0. The Morgan fingerprint density at radius 1 is 0.818 bits per heavy atom. The molecule has 0 aliphatic carbocycles. The second kappa shape index (κ2) is 9.89. The van der Waals surface area contributed by atoms with Crippen molar-refractivity contribution in [3.63, 3.8) is 0 Å². The largest absolute Gasteiger partial charge is 0.336 e. The molecule has 0 radical (unpaired) electrons. The van der Waals surface area contributed by atoms with E-state index in [1.807, 2.05) is 46.1 Å². The monoisotopic (exact) mass is 443 g/mol. The number of piperazine rings is 1. The molecule has 0 N–H and O–H groups in total. The summed E-state index contributed by atoms with van der Waals surface area (Å²) in [5.41, 5.74) is 4.55. The number of hydrogen-bond acceptors (Lipinski definition) is 4. The van der Waals surface area contributed by atoms with Crippen LogP contribution in [-0.4, -0.2) is 82.7 Å². The van der Waals surface area contributed by atoms with E-state index in [0.717, 1.165) is 56.2 Å². The number of hydrogen-bond donors (Lipinski definition) is 0. The van der Waals surface area contributed by atoms with Gasteiger partial charge in [-0.05, 0) is 45.0 Å². The Morgan fingerprint density at radius 2 is 1.45 bits per heavy atom. The standard InChI is InChI=1S/C27H33N5O/c1-22-9-11-23(12-10-22)26-25(21-32(28-26)24-7-3-2-4-8-24)27(33)31-19-17-30(18-20-31)16-15-29-13-5-6-14-29/h2-4,7-12,21H,5-6,13-20H2,1H3. The number of carbonyl (C=O) groups excluding carboxylic acids is 1. The lowest BCUT2D eigenvalue weighted by Crippen LogP contribution is -2.50. The van der Waals surface area contributed by atoms with E-state index >= 15 is 0 Å². The summed E-state index contributed by atoms with van der Waals surface area (Å²) >= 11 is 0. The van der Waals surface area contributed by atoms with Gasteiger partial charge in [-0.15, -0.1) is 0 Å². The summed E-state index contributed by atoms with van der Waals surface area (Å²) in [5, 5.41) is 4.84. The molecule has 2 saturated heterocycles. The third-order valence-corrected chi connectivity index (χ3v) is 6.88. The molecule has 172 valence electrons. The second-order valence-corrected chi connectivity index (χ2v) is 9.22. The van der Waals surface area contributed by atoms with Gasteiger partial charge in [0.2, 0.25) is 0 Å². The van der Waals surface area contributed by atoms with Crippen LogP contribution in [-0.2, 0) is 0 Å². The van der Waals surface area contributed by atoms with Gasteiger partial charge in [-0.1, -0.05) is 48.0 Å². The number of aryl methyl sites for hydroxylation is 1. The molecule has 3 heterocycles. The molecule has 0 atom stereocenters. The van der Waals surface area contributed by atoms with Crippen LogP contribution in [0.5, 0.6) is 0 Å². The van der Waals surface area contributed by atoms with E-state index in [2.05, 4.69) is 41.0 Å². The van der Waals surface area contributed by atoms with Crippen molar-refractivity contribution in [1.29, 1.82) is 0 Å². The molecule has 33 heavy (non-hydrogen) atoms. The van der Waals surface area contributed by atoms with Gasteiger partial charge in [0.15, 0.2) is 0 Å². The lowest BCUT2D eigenvalue weighted by Gasteiger charge is -2.35. The number of rotatable bonds is 6. The second-order valence-electron chi connectivity index (χ2n) is 9.22. The number of amides is 1. The number of para-hydroxylation sites is 1. The Labute approximate surface area is 196 Å². The highest BCUT2D eigenvalue weighted by molar-refractivity contribution is 6.00. The summed E-state index contributed by atoms with van der Waals surface area (Å²) in [4.78, 5) is 20.7. The first-order valence-electron chi connectivity index (χ1n) is 12.1. The zero-order valence-electron chi connectivity index (χ0n) is 19.5. The normalized spacial score (nSPS) is 17.5. The molecule has 6 heteroatoms. The third-order valence-electron chi connectivity index (χ3n) is 6.88. The Bertz CT molecular complexity index is 1060. The number of aromatic nitrogens is 2. The molecule has 3 aromatic rings. The zero-order valence-corrected chi connectivity index (χ0v) is 19.5. The smallest absolute Gasteiger partial charge is 0.257 e. The SMILES string of the molecule is Cc1ccc(-c2nn(-c3ccccc3)cc2C(=O)N2CCN(CCN3CCCC3)CC2)cc1. The summed E-state index contributed by atoms with van der Waals surface area (Å²) < 4.78 is 1.83. The fourth-order valence-corrected chi connectivity index (χ4v) is 4.80. The minimum Gasteiger partial charge on any atom is -0.336 e. The Morgan fingerprint density at radius 3 is 2.12 bits per heavy atom. The average Bonchev–Trinajstić information content (AvgIpc) is 3.54. The highest BCUT2D eigenvalue weighted by atomic mass is 16.2. The maximum Gasteiger partial charge on any atom is 0.257 e. The Hall–Kier alpha value is -2.96. The number of likely N-dealkylation sites (tertiary alicyclic amines) is 1. The van der Waals surface area contributed by atoms with Crippen LogP contribution in [0.4, 0.5) is 0 Å². The van der Waals surface area contributed by atoms with Gasteiger partial charge in [0.25, 0.3) is 5.91 Å². The molecule has 2 aromatic carbocycles. The van der Waals surface area contributed by atoms with Gasteiger partial charge in [0.1, 0.15) is 5.69 Å². The minimum absolute atomic E-state index is 0.0759. The molecule has 0 saturated carbocycles. The van der Waals surface area contributed by atoms with Gasteiger partial charge < -0.3 is 9.80 Å². The van der Waals surface area contributed by atoms with Crippen molar-refractivity contribution in [1.82, 2.24) is 24.5 Å². The van der Waals surface area contributed by atoms with Crippen molar-refractivity contribution in [2.45, 2.75) is 19.8 Å². The molecule has 1 amide bonds.